The van der Waals surface area contributed by atoms with Crippen molar-refractivity contribution in [3.63, 3.8) is 0 Å². The maximum atomic E-state index is 11.9. The van der Waals surface area contributed by atoms with E-state index in [1.165, 1.54) is 5.56 Å². The lowest BCUT2D eigenvalue weighted by Crippen LogP contribution is -2.46. The average Bonchev–Trinajstić information content (AvgIpc) is 3.09. The molecule has 0 radical (unpaired) electrons. The standard InChI is InChI=1S/C18H22N2O2.2ClH/c21-17(18-7-4-14-22-18)8-9-19-10-12-20(13-11-19)15-16-5-2-1-3-6-16;;/h1-7,14H,8-13,15H2;2*1H. The molecule has 1 aromatic carbocycles. The molecular weight excluding hydrogens is 347 g/mol. The Hall–Kier alpha value is -1.33. The van der Waals surface area contributed by atoms with Crippen LogP contribution in [0.15, 0.2) is 53.1 Å². The van der Waals surface area contributed by atoms with E-state index in [4.69, 9.17) is 4.42 Å². The van der Waals surface area contributed by atoms with E-state index in [9.17, 15) is 4.79 Å². The molecule has 0 N–H and O–H groups in total. The number of halogens is 2. The normalized spacial score (nSPS) is 15.3. The van der Waals surface area contributed by atoms with Crippen LogP contribution >= 0.6 is 24.8 Å². The average molecular weight is 371 g/mol. The summed E-state index contributed by atoms with van der Waals surface area (Å²) >= 11 is 0. The van der Waals surface area contributed by atoms with Gasteiger partial charge in [-0.25, -0.2) is 0 Å². The van der Waals surface area contributed by atoms with Gasteiger partial charge in [0.25, 0.3) is 0 Å². The monoisotopic (exact) mass is 370 g/mol. The second-order valence-electron chi connectivity index (χ2n) is 5.75. The highest BCUT2D eigenvalue weighted by Gasteiger charge is 2.18. The Morgan fingerprint density at radius 2 is 1.58 bits per heavy atom. The van der Waals surface area contributed by atoms with Crippen LogP contribution in [0.2, 0.25) is 0 Å². The number of benzene rings is 1. The highest BCUT2D eigenvalue weighted by molar-refractivity contribution is 5.93. The van der Waals surface area contributed by atoms with Crippen molar-refractivity contribution in [1.82, 2.24) is 9.80 Å². The molecule has 2 heterocycles. The van der Waals surface area contributed by atoms with E-state index in [-0.39, 0.29) is 30.6 Å². The first-order valence-corrected chi connectivity index (χ1v) is 7.86. The minimum atomic E-state index is 0. The van der Waals surface area contributed by atoms with Crippen molar-refractivity contribution in [1.29, 1.82) is 0 Å². The van der Waals surface area contributed by atoms with Gasteiger partial charge in [0, 0.05) is 45.7 Å². The van der Waals surface area contributed by atoms with Gasteiger partial charge in [-0.05, 0) is 17.7 Å². The third kappa shape index (κ3) is 5.95. The predicted molar refractivity (Wildman–Crippen MR) is 100 cm³/mol. The minimum Gasteiger partial charge on any atom is -0.461 e. The molecule has 0 bridgehead atoms. The molecule has 1 saturated heterocycles. The molecule has 1 aliphatic heterocycles. The smallest absolute Gasteiger partial charge is 0.199 e. The van der Waals surface area contributed by atoms with Gasteiger partial charge in [-0.15, -0.1) is 24.8 Å². The van der Waals surface area contributed by atoms with Gasteiger partial charge in [-0.3, -0.25) is 9.69 Å². The minimum absolute atomic E-state index is 0. The number of furan rings is 1. The van der Waals surface area contributed by atoms with Crippen LogP contribution in [0.25, 0.3) is 0 Å². The van der Waals surface area contributed by atoms with E-state index >= 15 is 0 Å². The van der Waals surface area contributed by atoms with Crippen LogP contribution in [0.1, 0.15) is 22.5 Å². The summed E-state index contributed by atoms with van der Waals surface area (Å²) in [6.45, 7) is 6.00. The zero-order valence-corrected chi connectivity index (χ0v) is 15.2. The molecule has 2 aromatic rings. The summed E-state index contributed by atoms with van der Waals surface area (Å²) in [5.74, 6) is 0.569. The molecule has 3 rings (SSSR count). The highest BCUT2D eigenvalue weighted by atomic mass is 35.5. The summed E-state index contributed by atoms with van der Waals surface area (Å²) in [6, 6.07) is 14.1. The topological polar surface area (TPSA) is 36.7 Å². The Morgan fingerprint density at radius 3 is 2.21 bits per heavy atom. The molecule has 0 unspecified atom stereocenters. The number of hydrogen-bond donors (Lipinski definition) is 0. The molecule has 1 aliphatic rings. The fourth-order valence-electron chi connectivity index (χ4n) is 2.83. The van der Waals surface area contributed by atoms with E-state index in [1.807, 2.05) is 0 Å². The van der Waals surface area contributed by atoms with Gasteiger partial charge in [0.2, 0.25) is 0 Å². The summed E-state index contributed by atoms with van der Waals surface area (Å²) in [6.07, 6.45) is 2.09. The molecule has 4 nitrogen and oxygen atoms in total. The number of ketones is 1. The number of carbonyl (C=O) groups excluding carboxylic acids is 1. The highest BCUT2D eigenvalue weighted by Crippen LogP contribution is 2.10. The van der Waals surface area contributed by atoms with Gasteiger partial charge in [0.1, 0.15) is 0 Å². The maximum absolute atomic E-state index is 11.9. The molecule has 24 heavy (non-hydrogen) atoms. The Kier molecular flexibility index (Phi) is 9.08. The van der Waals surface area contributed by atoms with Crippen molar-refractivity contribution in [2.24, 2.45) is 0 Å². The van der Waals surface area contributed by atoms with Crippen molar-refractivity contribution in [2.75, 3.05) is 32.7 Å². The van der Waals surface area contributed by atoms with Crippen LogP contribution in [0.5, 0.6) is 0 Å². The fraction of sp³-hybridized carbons (Fsp3) is 0.389. The third-order valence-electron chi connectivity index (χ3n) is 4.17. The van der Waals surface area contributed by atoms with E-state index in [1.54, 1.807) is 18.4 Å². The quantitative estimate of drug-likeness (QED) is 0.729. The molecular formula is C18H24Cl2N2O2. The zero-order valence-electron chi connectivity index (χ0n) is 13.6. The lowest BCUT2D eigenvalue weighted by Gasteiger charge is -2.34. The predicted octanol–water partition coefficient (Wildman–Crippen LogP) is 3.51. The van der Waals surface area contributed by atoms with Crippen LogP contribution in [0.4, 0.5) is 0 Å². The zero-order chi connectivity index (χ0) is 15.2. The van der Waals surface area contributed by atoms with Gasteiger partial charge in [-0.2, -0.15) is 0 Å². The van der Waals surface area contributed by atoms with Crippen molar-refractivity contribution in [2.45, 2.75) is 13.0 Å². The Morgan fingerprint density at radius 1 is 0.917 bits per heavy atom. The van der Waals surface area contributed by atoms with Crippen molar-refractivity contribution >= 4 is 30.6 Å². The van der Waals surface area contributed by atoms with Gasteiger partial charge >= 0.3 is 0 Å². The second-order valence-corrected chi connectivity index (χ2v) is 5.75. The number of hydrogen-bond acceptors (Lipinski definition) is 4. The summed E-state index contributed by atoms with van der Waals surface area (Å²) in [5, 5.41) is 0. The fourth-order valence-corrected chi connectivity index (χ4v) is 2.83. The van der Waals surface area contributed by atoms with E-state index in [0.29, 0.717) is 12.2 Å². The first-order chi connectivity index (χ1) is 10.8. The van der Waals surface area contributed by atoms with Gasteiger partial charge in [0.15, 0.2) is 11.5 Å². The van der Waals surface area contributed by atoms with Crippen LogP contribution in [-0.2, 0) is 6.54 Å². The molecule has 1 aromatic heterocycles. The van der Waals surface area contributed by atoms with Crippen LogP contribution < -0.4 is 0 Å². The van der Waals surface area contributed by atoms with Crippen molar-refractivity contribution < 1.29 is 9.21 Å². The first kappa shape index (κ1) is 20.7. The Bertz CT molecular complexity index is 582. The molecule has 132 valence electrons. The lowest BCUT2D eigenvalue weighted by molar-refractivity contribution is 0.0898. The third-order valence-corrected chi connectivity index (χ3v) is 4.17. The maximum Gasteiger partial charge on any atom is 0.199 e. The van der Waals surface area contributed by atoms with E-state index in [2.05, 4.69) is 40.1 Å². The number of rotatable bonds is 6. The van der Waals surface area contributed by atoms with E-state index in [0.717, 1.165) is 39.3 Å². The molecule has 0 spiro atoms. The molecule has 1 fully saturated rings. The molecule has 0 amide bonds. The van der Waals surface area contributed by atoms with E-state index < -0.39 is 0 Å². The SMILES string of the molecule is Cl.Cl.O=C(CCN1CCN(Cc2ccccc2)CC1)c1ccco1. The number of nitrogens with zero attached hydrogens (tertiary/aromatic N) is 2. The van der Waals surface area contributed by atoms with Crippen LogP contribution in [-0.4, -0.2) is 48.3 Å². The summed E-state index contributed by atoms with van der Waals surface area (Å²) in [7, 11) is 0. The summed E-state index contributed by atoms with van der Waals surface area (Å²) in [5.41, 5.74) is 1.36. The van der Waals surface area contributed by atoms with Gasteiger partial charge in [-0.1, -0.05) is 30.3 Å². The molecule has 0 aliphatic carbocycles. The van der Waals surface area contributed by atoms with Crippen molar-refractivity contribution in [3.8, 4) is 0 Å². The second kappa shape index (κ2) is 10.5. The molecule has 6 heteroatoms. The summed E-state index contributed by atoms with van der Waals surface area (Å²) in [4.78, 5) is 16.8. The number of Topliss-reactive ketones (excluding diaryl/α,β-unsaturated/α-hetero) is 1. The summed E-state index contributed by atoms with van der Waals surface area (Å²) < 4.78 is 5.14. The molecule has 0 saturated carbocycles. The van der Waals surface area contributed by atoms with Crippen LogP contribution in [0.3, 0.4) is 0 Å². The number of carbonyl (C=O) groups is 1. The first-order valence-electron chi connectivity index (χ1n) is 7.86. The van der Waals surface area contributed by atoms with Crippen LogP contribution in [0, 0.1) is 0 Å². The Labute approximate surface area is 155 Å². The Balaban J connectivity index is 0.00000144. The number of piperazine rings is 1. The van der Waals surface area contributed by atoms with Crippen molar-refractivity contribution in [3.05, 3.63) is 60.1 Å². The molecule has 0 atom stereocenters. The van der Waals surface area contributed by atoms with Gasteiger partial charge in [0.05, 0.1) is 6.26 Å². The largest absolute Gasteiger partial charge is 0.461 e. The lowest BCUT2D eigenvalue weighted by atomic mass is 10.2. The van der Waals surface area contributed by atoms with Gasteiger partial charge < -0.3 is 9.32 Å².